The molecule has 0 spiro atoms. The Morgan fingerprint density at radius 1 is 1.42 bits per heavy atom. The zero-order valence-electron chi connectivity index (χ0n) is 10.9. The van der Waals surface area contributed by atoms with Gasteiger partial charge in [0.2, 0.25) is 0 Å². The predicted octanol–water partition coefficient (Wildman–Crippen LogP) is 0.859. The maximum Gasteiger partial charge on any atom is 0.262 e. The van der Waals surface area contributed by atoms with Crippen LogP contribution in [0.4, 0.5) is 5.69 Å². The summed E-state index contributed by atoms with van der Waals surface area (Å²) in [4.78, 5) is 11.3. The van der Waals surface area contributed by atoms with E-state index in [1.807, 2.05) is 18.2 Å². The summed E-state index contributed by atoms with van der Waals surface area (Å²) in [5.74, 6) is 0.661. The van der Waals surface area contributed by atoms with Crippen molar-refractivity contribution in [3.63, 3.8) is 0 Å². The highest BCUT2D eigenvalue weighted by molar-refractivity contribution is 5.95. The molecular weight excluding hydrogens is 242 g/mol. The van der Waals surface area contributed by atoms with E-state index in [1.165, 1.54) is 12.8 Å². The highest BCUT2D eigenvalue weighted by Crippen LogP contribution is 2.28. The van der Waals surface area contributed by atoms with Gasteiger partial charge < -0.3 is 20.7 Å². The highest BCUT2D eigenvalue weighted by Gasteiger charge is 2.16. The smallest absolute Gasteiger partial charge is 0.262 e. The van der Waals surface area contributed by atoms with E-state index in [1.54, 1.807) is 0 Å². The first-order chi connectivity index (χ1) is 9.31. The third-order valence-electron chi connectivity index (χ3n) is 3.56. The first-order valence-electron chi connectivity index (χ1n) is 6.81. The molecule has 1 atom stereocenters. The van der Waals surface area contributed by atoms with Crippen LogP contribution in [0.25, 0.3) is 0 Å². The van der Waals surface area contributed by atoms with Gasteiger partial charge in [0.25, 0.3) is 5.91 Å². The maximum absolute atomic E-state index is 11.3. The quantitative estimate of drug-likeness (QED) is 0.752. The van der Waals surface area contributed by atoms with Crippen molar-refractivity contribution in [2.75, 3.05) is 25.0 Å². The first kappa shape index (κ1) is 12.4. The SMILES string of the molecule is O=C1COc2ccc(CNCC3CCCN3)cc2N1. The average Bonchev–Trinajstić information content (AvgIpc) is 2.91. The zero-order chi connectivity index (χ0) is 13.1. The van der Waals surface area contributed by atoms with E-state index in [2.05, 4.69) is 16.0 Å². The van der Waals surface area contributed by atoms with Crippen molar-refractivity contribution in [1.29, 1.82) is 0 Å². The standard InChI is InChI=1S/C14H19N3O2/c18-14-9-19-13-4-3-10(6-12(13)17-14)7-15-8-11-2-1-5-16-11/h3-4,6,11,15-16H,1-2,5,7-9H2,(H,17,18). The van der Waals surface area contributed by atoms with Crippen molar-refractivity contribution < 1.29 is 9.53 Å². The zero-order valence-corrected chi connectivity index (χ0v) is 10.9. The molecule has 5 nitrogen and oxygen atoms in total. The lowest BCUT2D eigenvalue weighted by molar-refractivity contribution is -0.118. The Morgan fingerprint density at radius 2 is 2.37 bits per heavy atom. The summed E-state index contributed by atoms with van der Waals surface area (Å²) < 4.78 is 5.33. The first-order valence-corrected chi connectivity index (χ1v) is 6.81. The van der Waals surface area contributed by atoms with Crippen molar-refractivity contribution in [1.82, 2.24) is 10.6 Å². The minimum atomic E-state index is -0.0900. The molecule has 3 N–H and O–H groups in total. The number of amides is 1. The Kier molecular flexibility index (Phi) is 3.66. The molecule has 19 heavy (non-hydrogen) atoms. The van der Waals surface area contributed by atoms with Gasteiger partial charge in [-0.3, -0.25) is 4.79 Å². The van der Waals surface area contributed by atoms with Gasteiger partial charge in [-0.15, -0.1) is 0 Å². The molecule has 1 fully saturated rings. The van der Waals surface area contributed by atoms with Gasteiger partial charge in [0.15, 0.2) is 6.61 Å². The van der Waals surface area contributed by atoms with Crippen molar-refractivity contribution in [3.05, 3.63) is 23.8 Å². The second-order valence-electron chi connectivity index (χ2n) is 5.09. The molecule has 1 saturated heterocycles. The number of hydrogen-bond acceptors (Lipinski definition) is 4. The second-order valence-corrected chi connectivity index (χ2v) is 5.09. The van der Waals surface area contributed by atoms with Crippen LogP contribution in [0, 0.1) is 0 Å². The van der Waals surface area contributed by atoms with E-state index in [-0.39, 0.29) is 12.5 Å². The Morgan fingerprint density at radius 3 is 3.21 bits per heavy atom. The van der Waals surface area contributed by atoms with Crippen LogP contribution in [-0.4, -0.2) is 31.6 Å². The molecule has 0 aromatic heterocycles. The van der Waals surface area contributed by atoms with Gasteiger partial charge in [0.1, 0.15) is 5.75 Å². The van der Waals surface area contributed by atoms with E-state index < -0.39 is 0 Å². The van der Waals surface area contributed by atoms with Crippen molar-refractivity contribution in [2.45, 2.75) is 25.4 Å². The number of anilines is 1. The van der Waals surface area contributed by atoms with Crippen LogP contribution >= 0.6 is 0 Å². The molecule has 1 unspecified atom stereocenters. The van der Waals surface area contributed by atoms with Gasteiger partial charge in [0, 0.05) is 19.1 Å². The van der Waals surface area contributed by atoms with Crippen LogP contribution in [0.1, 0.15) is 18.4 Å². The molecule has 1 amide bonds. The minimum absolute atomic E-state index is 0.0900. The lowest BCUT2D eigenvalue weighted by Gasteiger charge is -2.19. The number of rotatable bonds is 4. The Labute approximate surface area is 112 Å². The van der Waals surface area contributed by atoms with E-state index >= 15 is 0 Å². The molecule has 1 aromatic rings. The molecule has 1 aromatic carbocycles. The van der Waals surface area contributed by atoms with E-state index in [9.17, 15) is 4.79 Å². The summed E-state index contributed by atoms with van der Waals surface area (Å²) in [5.41, 5.74) is 1.93. The number of nitrogens with one attached hydrogen (secondary N) is 3. The number of benzene rings is 1. The fourth-order valence-electron chi connectivity index (χ4n) is 2.56. The molecule has 2 heterocycles. The largest absolute Gasteiger partial charge is 0.482 e. The van der Waals surface area contributed by atoms with Crippen molar-refractivity contribution in [2.24, 2.45) is 0 Å². The molecule has 2 aliphatic rings. The summed E-state index contributed by atoms with van der Waals surface area (Å²) >= 11 is 0. The van der Waals surface area contributed by atoms with Crippen LogP contribution in [0.3, 0.4) is 0 Å². The molecule has 0 aliphatic carbocycles. The lowest BCUT2D eigenvalue weighted by atomic mass is 10.1. The average molecular weight is 261 g/mol. The van der Waals surface area contributed by atoms with Gasteiger partial charge in [-0.1, -0.05) is 6.07 Å². The predicted molar refractivity (Wildman–Crippen MR) is 73.3 cm³/mol. The molecule has 0 radical (unpaired) electrons. The van der Waals surface area contributed by atoms with Gasteiger partial charge in [-0.25, -0.2) is 0 Å². The second kappa shape index (κ2) is 5.59. The van der Waals surface area contributed by atoms with E-state index in [0.717, 1.165) is 36.6 Å². The molecule has 102 valence electrons. The summed E-state index contributed by atoms with van der Waals surface area (Å²) in [5, 5.41) is 9.73. The fourth-order valence-corrected chi connectivity index (χ4v) is 2.56. The molecule has 5 heteroatoms. The maximum atomic E-state index is 11.3. The van der Waals surface area contributed by atoms with Crippen LogP contribution < -0.4 is 20.7 Å². The summed E-state index contributed by atoms with van der Waals surface area (Å²) in [6.07, 6.45) is 2.52. The number of ether oxygens (including phenoxy) is 1. The number of hydrogen-bond donors (Lipinski definition) is 3. The van der Waals surface area contributed by atoms with Gasteiger partial charge in [-0.05, 0) is 37.1 Å². The molecule has 2 aliphatic heterocycles. The third kappa shape index (κ3) is 3.05. The molecule has 0 bridgehead atoms. The van der Waals surface area contributed by atoms with Gasteiger partial charge in [-0.2, -0.15) is 0 Å². The number of carbonyl (C=O) groups is 1. The fraction of sp³-hybridized carbons (Fsp3) is 0.500. The Balaban J connectivity index is 1.56. The molecule has 3 rings (SSSR count). The van der Waals surface area contributed by atoms with Crippen LogP contribution in [0.15, 0.2) is 18.2 Å². The van der Waals surface area contributed by atoms with Gasteiger partial charge in [0.05, 0.1) is 5.69 Å². The van der Waals surface area contributed by atoms with Crippen molar-refractivity contribution in [3.8, 4) is 5.75 Å². The van der Waals surface area contributed by atoms with Crippen molar-refractivity contribution >= 4 is 11.6 Å². The third-order valence-corrected chi connectivity index (χ3v) is 3.56. The number of fused-ring (bicyclic) bond motifs is 1. The summed E-state index contributed by atoms with van der Waals surface area (Å²) in [6, 6.07) is 6.52. The van der Waals surface area contributed by atoms with E-state index in [4.69, 9.17) is 4.74 Å². The minimum Gasteiger partial charge on any atom is -0.482 e. The van der Waals surface area contributed by atoms with Gasteiger partial charge >= 0.3 is 0 Å². The highest BCUT2D eigenvalue weighted by atomic mass is 16.5. The van der Waals surface area contributed by atoms with Crippen LogP contribution in [0.5, 0.6) is 5.75 Å². The molecular formula is C14H19N3O2. The summed E-state index contributed by atoms with van der Waals surface area (Å²) in [6.45, 7) is 3.04. The Bertz CT molecular complexity index is 470. The van der Waals surface area contributed by atoms with Crippen LogP contribution in [-0.2, 0) is 11.3 Å². The normalized spacial score (nSPS) is 21.7. The lowest BCUT2D eigenvalue weighted by Crippen LogP contribution is -2.33. The van der Waals surface area contributed by atoms with Crippen LogP contribution in [0.2, 0.25) is 0 Å². The summed E-state index contributed by atoms with van der Waals surface area (Å²) in [7, 11) is 0. The number of carbonyl (C=O) groups excluding carboxylic acids is 1. The molecule has 0 saturated carbocycles. The topological polar surface area (TPSA) is 62.4 Å². The van der Waals surface area contributed by atoms with E-state index in [0.29, 0.717) is 6.04 Å². The Hall–Kier alpha value is -1.59. The monoisotopic (exact) mass is 261 g/mol.